The van der Waals surface area contributed by atoms with Crippen LogP contribution in [0.2, 0.25) is 0 Å². The summed E-state index contributed by atoms with van der Waals surface area (Å²) in [4.78, 5) is 41.6. The molecule has 1 unspecified atom stereocenters. The summed E-state index contributed by atoms with van der Waals surface area (Å²) in [5.74, 6) is -1.93. The molecule has 0 N–H and O–H groups in total. The van der Waals surface area contributed by atoms with E-state index in [2.05, 4.69) is 6.92 Å². The van der Waals surface area contributed by atoms with Gasteiger partial charge in [0.25, 0.3) is 11.8 Å². The Morgan fingerprint density at radius 2 is 1.68 bits per heavy atom. The number of hydrogen-bond donors (Lipinski definition) is 0. The molecule has 5 heteroatoms. The van der Waals surface area contributed by atoms with Crippen molar-refractivity contribution >= 4 is 17.8 Å². The molecule has 1 aliphatic rings. The molecule has 1 aliphatic heterocycles. The van der Waals surface area contributed by atoms with E-state index >= 15 is 0 Å². The normalized spacial score (nSPS) is 14.9. The van der Waals surface area contributed by atoms with Gasteiger partial charge < -0.3 is 4.84 Å². The molecule has 5 nitrogen and oxygen atoms in total. The Labute approximate surface area is 130 Å². The fourth-order valence-electron chi connectivity index (χ4n) is 2.54. The summed E-state index contributed by atoms with van der Waals surface area (Å²) in [6.07, 6.45) is 4.41. The molecule has 22 heavy (non-hydrogen) atoms. The van der Waals surface area contributed by atoms with Crippen LogP contribution in [0.15, 0.2) is 24.3 Å². The Morgan fingerprint density at radius 3 is 2.18 bits per heavy atom. The maximum Gasteiger partial charge on any atom is 0.336 e. The maximum atomic E-state index is 12.2. The fourth-order valence-corrected chi connectivity index (χ4v) is 2.54. The molecule has 0 radical (unpaired) electrons. The lowest BCUT2D eigenvalue weighted by molar-refractivity contribution is -0.174. The van der Waals surface area contributed by atoms with Gasteiger partial charge in [-0.25, -0.2) is 4.79 Å². The van der Waals surface area contributed by atoms with Crippen LogP contribution >= 0.6 is 0 Å². The smallest absolute Gasteiger partial charge is 0.329 e. The number of benzene rings is 1. The van der Waals surface area contributed by atoms with Gasteiger partial charge in [0.15, 0.2) is 0 Å². The highest BCUT2D eigenvalue weighted by Gasteiger charge is 2.39. The highest BCUT2D eigenvalue weighted by atomic mass is 16.7. The number of hydroxylamine groups is 2. The summed E-state index contributed by atoms with van der Waals surface area (Å²) in [6, 6.07) is 6.47. The zero-order chi connectivity index (χ0) is 16.1. The number of nitrogens with zero attached hydrogens (tertiary/aromatic N) is 1. The molecule has 0 bridgehead atoms. The summed E-state index contributed by atoms with van der Waals surface area (Å²) in [5.41, 5.74) is 0.554. The molecule has 2 amide bonds. The van der Waals surface area contributed by atoms with Gasteiger partial charge in [-0.2, -0.15) is 0 Å². The number of carbonyl (C=O) groups excluding carboxylic acids is 3. The first-order valence-electron chi connectivity index (χ1n) is 7.79. The molecule has 1 atom stereocenters. The Balaban J connectivity index is 2.03. The Kier molecular flexibility index (Phi) is 5.31. The van der Waals surface area contributed by atoms with Crippen molar-refractivity contribution in [2.24, 2.45) is 5.92 Å². The number of carbonyl (C=O) groups is 3. The SMILES string of the molecule is CCCCCC(CC)C(=O)ON1C(=O)c2ccccc2C1=O. The van der Waals surface area contributed by atoms with Gasteiger partial charge in [-0.05, 0) is 25.0 Å². The number of imide groups is 1. The van der Waals surface area contributed by atoms with E-state index in [1.54, 1.807) is 24.3 Å². The number of rotatable bonds is 7. The Morgan fingerprint density at radius 1 is 1.09 bits per heavy atom. The van der Waals surface area contributed by atoms with E-state index in [1.807, 2.05) is 6.92 Å². The molecule has 118 valence electrons. The lowest BCUT2D eigenvalue weighted by Gasteiger charge is -2.17. The van der Waals surface area contributed by atoms with Crippen molar-refractivity contribution in [3.05, 3.63) is 35.4 Å². The maximum absolute atomic E-state index is 12.2. The van der Waals surface area contributed by atoms with Gasteiger partial charge in [-0.3, -0.25) is 9.59 Å². The summed E-state index contributed by atoms with van der Waals surface area (Å²) in [6.45, 7) is 4.00. The highest BCUT2D eigenvalue weighted by Crippen LogP contribution is 2.24. The molecule has 0 saturated carbocycles. The monoisotopic (exact) mass is 303 g/mol. The third-order valence-electron chi connectivity index (χ3n) is 3.92. The third-order valence-corrected chi connectivity index (χ3v) is 3.92. The largest absolute Gasteiger partial charge is 0.336 e. The second kappa shape index (κ2) is 7.20. The van der Waals surface area contributed by atoms with Crippen molar-refractivity contribution in [2.45, 2.75) is 46.0 Å². The number of hydrogen-bond acceptors (Lipinski definition) is 4. The van der Waals surface area contributed by atoms with Crippen LogP contribution in [0.1, 0.15) is 66.7 Å². The minimum atomic E-state index is -0.572. The number of unbranched alkanes of at least 4 members (excludes halogenated alkanes) is 2. The standard InChI is InChI=1S/C17H21NO4/c1-3-5-6-9-12(4-2)17(21)22-18-15(19)13-10-7-8-11-14(13)16(18)20/h7-8,10-12H,3-6,9H2,1-2H3. The molecular weight excluding hydrogens is 282 g/mol. The molecule has 1 aromatic rings. The van der Waals surface area contributed by atoms with Crippen LogP contribution in [0.25, 0.3) is 0 Å². The zero-order valence-corrected chi connectivity index (χ0v) is 13.0. The van der Waals surface area contributed by atoms with Crippen LogP contribution in [0.5, 0.6) is 0 Å². The van der Waals surface area contributed by atoms with Crippen molar-refractivity contribution in [1.29, 1.82) is 0 Å². The summed E-state index contributed by atoms with van der Waals surface area (Å²) < 4.78 is 0. The van der Waals surface area contributed by atoms with Gasteiger partial charge in [-0.1, -0.05) is 50.3 Å². The van der Waals surface area contributed by atoms with Crippen molar-refractivity contribution in [3.8, 4) is 0 Å². The number of fused-ring (bicyclic) bond motifs is 1. The first-order valence-corrected chi connectivity index (χ1v) is 7.79. The van der Waals surface area contributed by atoms with Gasteiger partial charge in [0.1, 0.15) is 0 Å². The van der Waals surface area contributed by atoms with Crippen LogP contribution in [-0.4, -0.2) is 22.8 Å². The van der Waals surface area contributed by atoms with Crippen molar-refractivity contribution in [3.63, 3.8) is 0 Å². The van der Waals surface area contributed by atoms with Gasteiger partial charge in [0.05, 0.1) is 17.0 Å². The van der Waals surface area contributed by atoms with E-state index in [1.165, 1.54) is 0 Å². The van der Waals surface area contributed by atoms with Crippen LogP contribution in [0.4, 0.5) is 0 Å². The first kappa shape index (κ1) is 16.2. The predicted molar refractivity (Wildman–Crippen MR) is 81.0 cm³/mol. The Hall–Kier alpha value is -2.17. The molecular formula is C17H21NO4. The average molecular weight is 303 g/mol. The second-order valence-corrected chi connectivity index (χ2v) is 5.46. The van der Waals surface area contributed by atoms with Gasteiger partial charge >= 0.3 is 5.97 Å². The average Bonchev–Trinajstić information content (AvgIpc) is 2.77. The lowest BCUT2D eigenvalue weighted by atomic mass is 9.99. The van der Waals surface area contributed by atoms with E-state index in [4.69, 9.17) is 4.84 Å². The molecule has 0 saturated heterocycles. The fraction of sp³-hybridized carbons (Fsp3) is 0.471. The van der Waals surface area contributed by atoms with Crippen LogP contribution in [0.3, 0.4) is 0 Å². The molecule has 2 rings (SSSR count). The van der Waals surface area contributed by atoms with Crippen LogP contribution in [0, 0.1) is 5.92 Å². The number of amides is 2. The summed E-state index contributed by atoms with van der Waals surface area (Å²) >= 11 is 0. The highest BCUT2D eigenvalue weighted by molar-refractivity contribution is 6.20. The van der Waals surface area contributed by atoms with E-state index < -0.39 is 17.8 Å². The summed E-state index contributed by atoms with van der Waals surface area (Å²) in [5, 5.41) is 0.593. The molecule has 0 aromatic heterocycles. The quantitative estimate of drug-likeness (QED) is 0.572. The van der Waals surface area contributed by atoms with Crippen molar-refractivity contribution < 1.29 is 19.2 Å². The van der Waals surface area contributed by atoms with E-state index in [0.717, 1.165) is 19.3 Å². The van der Waals surface area contributed by atoms with Crippen LogP contribution in [-0.2, 0) is 9.63 Å². The third kappa shape index (κ3) is 3.18. The van der Waals surface area contributed by atoms with Crippen LogP contribution < -0.4 is 0 Å². The minimum absolute atomic E-state index is 0.277. The molecule has 0 fully saturated rings. The molecule has 1 heterocycles. The first-order chi connectivity index (χ1) is 10.6. The summed E-state index contributed by atoms with van der Waals surface area (Å²) in [7, 11) is 0. The van der Waals surface area contributed by atoms with E-state index in [0.29, 0.717) is 17.9 Å². The van der Waals surface area contributed by atoms with E-state index in [-0.39, 0.29) is 17.0 Å². The molecule has 0 spiro atoms. The van der Waals surface area contributed by atoms with Gasteiger partial charge in [0.2, 0.25) is 0 Å². The second-order valence-electron chi connectivity index (χ2n) is 5.46. The van der Waals surface area contributed by atoms with Gasteiger partial charge in [-0.15, -0.1) is 0 Å². The zero-order valence-electron chi connectivity index (χ0n) is 13.0. The van der Waals surface area contributed by atoms with Gasteiger partial charge in [0, 0.05) is 0 Å². The van der Waals surface area contributed by atoms with Crippen molar-refractivity contribution in [1.82, 2.24) is 5.06 Å². The predicted octanol–water partition coefficient (Wildman–Crippen LogP) is 3.35. The molecule has 1 aromatic carbocycles. The minimum Gasteiger partial charge on any atom is -0.329 e. The topological polar surface area (TPSA) is 63.7 Å². The van der Waals surface area contributed by atoms with Crippen molar-refractivity contribution in [2.75, 3.05) is 0 Å². The van der Waals surface area contributed by atoms with E-state index in [9.17, 15) is 14.4 Å². The molecule has 0 aliphatic carbocycles. The Bertz CT molecular complexity index is 547. The lowest BCUT2D eigenvalue weighted by Crippen LogP contribution is -2.35.